The van der Waals surface area contributed by atoms with Crippen LogP contribution in [0.15, 0.2) is 54.6 Å². The van der Waals surface area contributed by atoms with E-state index in [0.29, 0.717) is 22.2 Å². The van der Waals surface area contributed by atoms with Gasteiger partial charge in [-0.15, -0.1) is 0 Å². The maximum Gasteiger partial charge on any atom is 0.246 e. The molecule has 0 aliphatic heterocycles. The lowest BCUT2D eigenvalue weighted by Gasteiger charge is -2.20. The number of halogens is 2. The van der Waals surface area contributed by atoms with Crippen molar-refractivity contribution >= 4 is 35.2 Å². The number of nitrogens with zero attached hydrogens (tertiary/aromatic N) is 1. The smallest absolute Gasteiger partial charge is 0.246 e. The van der Waals surface area contributed by atoms with Crippen LogP contribution < -0.4 is 0 Å². The third-order valence-electron chi connectivity index (χ3n) is 3.26. The van der Waals surface area contributed by atoms with Crippen molar-refractivity contribution in [3.8, 4) is 0 Å². The minimum atomic E-state index is -0.195. The molecule has 0 heterocycles. The molecule has 0 aliphatic rings. The van der Waals surface area contributed by atoms with Gasteiger partial charge in [0, 0.05) is 29.2 Å². The first-order valence-corrected chi connectivity index (χ1v) is 7.92. The molecule has 0 saturated carbocycles. The van der Waals surface area contributed by atoms with Crippen LogP contribution in [-0.4, -0.2) is 29.1 Å². The lowest BCUT2D eigenvalue weighted by Crippen LogP contribution is -2.31. The first-order valence-electron chi connectivity index (χ1n) is 7.17. The largest absolute Gasteiger partial charge is 0.395 e. The van der Waals surface area contributed by atoms with Crippen LogP contribution in [0.2, 0.25) is 10.0 Å². The lowest BCUT2D eigenvalue weighted by molar-refractivity contribution is -0.127. The van der Waals surface area contributed by atoms with Crippen molar-refractivity contribution < 1.29 is 9.90 Å². The molecule has 2 aromatic carbocycles. The number of carbonyl (C=O) groups is 1. The first-order chi connectivity index (χ1) is 11.1. The highest BCUT2D eigenvalue weighted by Gasteiger charge is 2.11. The van der Waals surface area contributed by atoms with E-state index in [2.05, 4.69) is 0 Å². The number of carbonyl (C=O) groups excluding carboxylic acids is 1. The summed E-state index contributed by atoms with van der Waals surface area (Å²) >= 11 is 12.0. The molecule has 2 aromatic rings. The van der Waals surface area contributed by atoms with Crippen molar-refractivity contribution in [3.05, 3.63) is 75.8 Å². The Morgan fingerprint density at radius 3 is 2.57 bits per heavy atom. The van der Waals surface area contributed by atoms with E-state index in [-0.39, 0.29) is 19.1 Å². The van der Waals surface area contributed by atoms with Gasteiger partial charge in [0.05, 0.1) is 6.61 Å². The van der Waals surface area contributed by atoms with E-state index in [1.165, 1.54) is 6.08 Å². The topological polar surface area (TPSA) is 40.5 Å². The predicted molar refractivity (Wildman–Crippen MR) is 94.4 cm³/mol. The fourth-order valence-electron chi connectivity index (χ4n) is 2.10. The van der Waals surface area contributed by atoms with Crippen LogP contribution in [0.1, 0.15) is 11.1 Å². The Morgan fingerprint density at radius 2 is 1.87 bits per heavy atom. The van der Waals surface area contributed by atoms with E-state index < -0.39 is 0 Å². The van der Waals surface area contributed by atoms with Gasteiger partial charge in [-0.2, -0.15) is 0 Å². The highest BCUT2D eigenvalue weighted by molar-refractivity contribution is 6.34. The Labute approximate surface area is 145 Å². The first kappa shape index (κ1) is 17.5. The van der Waals surface area contributed by atoms with Crippen molar-refractivity contribution in [3.63, 3.8) is 0 Å². The zero-order valence-corrected chi connectivity index (χ0v) is 14.0. The fraction of sp³-hybridized carbons (Fsp3) is 0.167. The molecular weight excluding hydrogens is 333 g/mol. The molecule has 0 unspecified atom stereocenters. The Kier molecular flexibility index (Phi) is 6.66. The van der Waals surface area contributed by atoms with Crippen LogP contribution in [0, 0.1) is 0 Å². The second-order valence-electron chi connectivity index (χ2n) is 4.97. The van der Waals surface area contributed by atoms with Gasteiger partial charge in [-0.1, -0.05) is 53.5 Å². The molecule has 23 heavy (non-hydrogen) atoms. The summed E-state index contributed by atoms with van der Waals surface area (Å²) < 4.78 is 0. The van der Waals surface area contributed by atoms with Gasteiger partial charge in [-0.05, 0) is 35.4 Å². The summed E-state index contributed by atoms with van der Waals surface area (Å²) in [7, 11) is 0. The molecule has 5 heteroatoms. The molecule has 0 bridgehead atoms. The average molecular weight is 350 g/mol. The quantitative estimate of drug-likeness (QED) is 0.799. The Balaban J connectivity index is 2.11. The number of hydrogen-bond acceptors (Lipinski definition) is 2. The van der Waals surface area contributed by atoms with Crippen molar-refractivity contribution in [1.29, 1.82) is 0 Å². The minimum absolute atomic E-state index is 0.0929. The van der Waals surface area contributed by atoms with Crippen molar-refractivity contribution in [2.24, 2.45) is 0 Å². The molecule has 0 aliphatic carbocycles. The van der Waals surface area contributed by atoms with Crippen LogP contribution in [-0.2, 0) is 11.3 Å². The van der Waals surface area contributed by atoms with Gasteiger partial charge in [-0.3, -0.25) is 4.79 Å². The van der Waals surface area contributed by atoms with Gasteiger partial charge >= 0.3 is 0 Å². The van der Waals surface area contributed by atoms with Gasteiger partial charge in [0.1, 0.15) is 0 Å². The highest BCUT2D eigenvalue weighted by atomic mass is 35.5. The lowest BCUT2D eigenvalue weighted by atomic mass is 10.2. The van der Waals surface area contributed by atoms with Crippen LogP contribution in [0.25, 0.3) is 6.08 Å². The number of benzene rings is 2. The second kappa shape index (κ2) is 8.73. The standard InChI is InChI=1S/C18H17Cl2NO2/c19-16-7-8-17(20)15(12-16)6-9-18(23)21(10-11-22)13-14-4-2-1-3-5-14/h1-9,12,22H,10-11,13H2/b9-6+. The molecule has 0 saturated heterocycles. The van der Waals surface area contributed by atoms with E-state index in [1.54, 1.807) is 29.2 Å². The molecule has 0 fully saturated rings. The molecular formula is C18H17Cl2NO2. The Bertz CT molecular complexity index is 687. The molecule has 0 spiro atoms. The number of rotatable bonds is 6. The van der Waals surface area contributed by atoms with Crippen LogP contribution >= 0.6 is 23.2 Å². The summed E-state index contributed by atoms with van der Waals surface area (Å²) in [6.07, 6.45) is 3.07. The summed E-state index contributed by atoms with van der Waals surface area (Å²) in [4.78, 5) is 13.9. The van der Waals surface area contributed by atoms with E-state index in [0.717, 1.165) is 5.56 Å². The van der Waals surface area contributed by atoms with E-state index in [4.69, 9.17) is 23.2 Å². The fourth-order valence-corrected chi connectivity index (χ4v) is 2.46. The number of hydrogen-bond donors (Lipinski definition) is 1. The summed E-state index contributed by atoms with van der Waals surface area (Å²) in [5, 5.41) is 10.2. The van der Waals surface area contributed by atoms with Gasteiger partial charge in [0.2, 0.25) is 5.91 Å². The molecule has 1 amide bonds. The molecule has 0 atom stereocenters. The molecule has 0 aromatic heterocycles. The maximum atomic E-state index is 12.4. The Hall–Kier alpha value is -1.81. The number of aliphatic hydroxyl groups is 1. The highest BCUT2D eigenvalue weighted by Crippen LogP contribution is 2.21. The zero-order valence-electron chi connectivity index (χ0n) is 12.5. The predicted octanol–water partition coefficient (Wildman–Crippen LogP) is 4.03. The summed E-state index contributed by atoms with van der Waals surface area (Å²) in [6.45, 7) is 0.611. The van der Waals surface area contributed by atoms with Gasteiger partial charge in [0.25, 0.3) is 0 Å². The minimum Gasteiger partial charge on any atom is -0.395 e. The molecule has 3 nitrogen and oxygen atoms in total. The Morgan fingerprint density at radius 1 is 1.13 bits per heavy atom. The monoisotopic (exact) mass is 349 g/mol. The zero-order chi connectivity index (χ0) is 16.7. The normalized spacial score (nSPS) is 10.9. The van der Waals surface area contributed by atoms with Gasteiger partial charge in [-0.25, -0.2) is 0 Å². The van der Waals surface area contributed by atoms with Crippen molar-refractivity contribution in [1.82, 2.24) is 4.90 Å². The van der Waals surface area contributed by atoms with Crippen LogP contribution in [0.3, 0.4) is 0 Å². The van der Waals surface area contributed by atoms with E-state index >= 15 is 0 Å². The summed E-state index contributed by atoms with van der Waals surface area (Å²) in [5.41, 5.74) is 1.68. The van der Waals surface area contributed by atoms with Gasteiger partial charge < -0.3 is 10.0 Å². The third-order valence-corrected chi connectivity index (χ3v) is 3.84. The van der Waals surface area contributed by atoms with Gasteiger partial charge in [0.15, 0.2) is 0 Å². The van der Waals surface area contributed by atoms with E-state index in [9.17, 15) is 9.90 Å². The molecule has 1 N–H and O–H groups in total. The second-order valence-corrected chi connectivity index (χ2v) is 5.81. The summed E-state index contributed by atoms with van der Waals surface area (Å²) in [6, 6.07) is 14.7. The molecule has 2 rings (SSSR count). The average Bonchev–Trinajstić information content (AvgIpc) is 2.56. The summed E-state index contributed by atoms with van der Waals surface area (Å²) in [5.74, 6) is -0.195. The number of amides is 1. The van der Waals surface area contributed by atoms with Crippen LogP contribution in [0.4, 0.5) is 0 Å². The van der Waals surface area contributed by atoms with Crippen molar-refractivity contribution in [2.45, 2.75) is 6.54 Å². The third kappa shape index (κ3) is 5.39. The SMILES string of the molecule is O=C(/C=C/c1cc(Cl)ccc1Cl)N(CCO)Cc1ccccc1. The molecule has 0 radical (unpaired) electrons. The van der Waals surface area contributed by atoms with Crippen LogP contribution in [0.5, 0.6) is 0 Å². The van der Waals surface area contributed by atoms with E-state index in [1.807, 2.05) is 30.3 Å². The maximum absolute atomic E-state index is 12.4. The number of aliphatic hydroxyl groups excluding tert-OH is 1. The molecule has 120 valence electrons. The van der Waals surface area contributed by atoms with Crippen molar-refractivity contribution in [2.75, 3.05) is 13.2 Å².